The summed E-state index contributed by atoms with van der Waals surface area (Å²) in [5.41, 5.74) is 8.08. The Bertz CT molecular complexity index is 1130. The van der Waals surface area contributed by atoms with E-state index in [0.717, 1.165) is 48.4 Å². The van der Waals surface area contributed by atoms with E-state index in [1.54, 1.807) is 28.5 Å². The van der Waals surface area contributed by atoms with Crippen LogP contribution in [0.25, 0.3) is 0 Å². The molecule has 11 heteroatoms. The van der Waals surface area contributed by atoms with Gasteiger partial charge in [-0.15, -0.1) is 22.7 Å². The number of anilines is 2. The third-order valence-electron chi connectivity index (χ3n) is 6.84. The Morgan fingerprint density at radius 1 is 0.923 bits per heavy atom. The molecule has 1 amide bonds. The van der Waals surface area contributed by atoms with Gasteiger partial charge >= 0.3 is 18.0 Å². The molecular formula is C28H43N3O6S2. The van der Waals surface area contributed by atoms with E-state index in [1.807, 2.05) is 40.1 Å². The molecule has 1 aliphatic rings. The Balaban J connectivity index is 0.000000404. The second-order valence-corrected chi connectivity index (χ2v) is 12.3. The van der Waals surface area contributed by atoms with E-state index >= 15 is 0 Å². The third-order valence-corrected chi connectivity index (χ3v) is 8.87. The van der Waals surface area contributed by atoms with Gasteiger partial charge in [0.15, 0.2) is 0 Å². The number of hydrogen-bond donors (Lipinski definition) is 1. The van der Waals surface area contributed by atoms with Gasteiger partial charge in [-0.25, -0.2) is 14.4 Å². The van der Waals surface area contributed by atoms with Crippen LogP contribution in [0, 0.1) is 13.8 Å². The van der Waals surface area contributed by atoms with E-state index in [4.69, 9.17) is 15.2 Å². The average molecular weight is 582 g/mol. The van der Waals surface area contributed by atoms with Crippen molar-refractivity contribution in [3.63, 3.8) is 0 Å². The summed E-state index contributed by atoms with van der Waals surface area (Å²) in [5.74, 6) is -0.603. The number of nitrogens with zero attached hydrogens (tertiary/aromatic N) is 2. The first-order chi connectivity index (χ1) is 18.2. The molecule has 2 aromatic heterocycles. The largest absolute Gasteiger partial charge is 0.465 e. The molecule has 0 atom stereocenters. The zero-order valence-corrected chi connectivity index (χ0v) is 26.2. The van der Waals surface area contributed by atoms with Crippen molar-refractivity contribution in [1.82, 2.24) is 4.90 Å². The first-order valence-electron chi connectivity index (χ1n) is 13.1. The molecule has 0 aliphatic heterocycles. The standard InChI is InChI=1S/C21H34N2O4S.C7H9NO2S/c1-8-23(18-14(2)17(13-28-18)19(24)26-7)16-11-9-15(10-12-16)22(6)20(25)27-21(3,4)5;1-4-5(7(9)10-2)3-11-6(4)8/h13,15-16H,8-12H2,1-7H3;3H,8H2,1-2H3. The van der Waals surface area contributed by atoms with Crippen LogP contribution in [0.3, 0.4) is 0 Å². The fraction of sp³-hybridized carbons (Fsp3) is 0.607. The first-order valence-corrected chi connectivity index (χ1v) is 14.8. The molecule has 2 N–H and O–H groups in total. The predicted octanol–water partition coefficient (Wildman–Crippen LogP) is 6.27. The number of nitrogen functional groups attached to an aromatic ring is 1. The number of ether oxygens (including phenoxy) is 3. The van der Waals surface area contributed by atoms with Gasteiger partial charge in [-0.2, -0.15) is 0 Å². The number of rotatable bonds is 6. The van der Waals surface area contributed by atoms with Gasteiger partial charge in [-0.1, -0.05) is 0 Å². The zero-order chi connectivity index (χ0) is 29.5. The lowest BCUT2D eigenvalue weighted by Gasteiger charge is -2.40. The Hall–Kier alpha value is -2.79. The monoisotopic (exact) mass is 581 g/mol. The summed E-state index contributed by atoms with van der Waals surface area (Å²) in [6, 6.07) is 0.621. The maximum Gasteiger partial charge on any atom is 0.410 e. The number of esters is 2. The van der Waals surface area contributed by atoms with Crippen molar-refractivity contribution >= 4 is 50.7 Å². The highest BCUT2D eigenvalue weighted by Gasteiger charge is 2.32. The smallest absolute Gasteiger partial charge is 0.410 e. The van der Waals surface area contributed by atoms with Gasteiger partial charge in [-0.05, 0) is 78.4 Å². The third kappa shape index (κ3) is 8.35. The molecule has 1 aliphatic carbocycles. The first kappa shape index (κ1) is 32.4. The van der Waals surface area contributed by atoms with Gasteiger partial charge in [0.1, 0.15) is 5.60 Å². The van der Waals surface area contributed by atoms with Gasteiger partial charge < -0.3 is 29.7 Å². The molecule has 0 unspecified atom stereocenters. The van der Waals surface area contributed by atoms with E-state index < -0.39 is 5.60 Å². The highest BCUT2D eigenvalue weighted by atomic mass is 32.1. The van der Waals surface area contributed by atoms with Crippen molar-refractivity contribution in [3.05, 3.63) is 33.0 Å². The maximum atomic E-state index is 12.3. The summed E-state index contributed by atoms with van der Waals surface area (Å²) in [6.45, 7) is 12.5. The van der Waals surface area contributed by atoms with Crippen molar-refractivity contribution in [2.45, 2.75) is 84.9 Å². The van der Waals surface area contributed by atoms with E-state index in [9.17, 15) is 14.4 Å². The fourth-order valence-electron chi connectivity index (χ4n) is 4.55. The molecular weight excluding hydrogens is 538 g/mol. The quantitative estimate of drug-likeness (QED) is 0.314. The Morgan fingerprint density at radius 3 is 1.85 bits per heavy atom. The van der Waals surface area contributed by atoms with Crippen LogP contribution in [0.5, 0.6) is 0 Å². The number of thiophene rings is 2. The summed E-state index contributed by atoms with van der Waals surface area (Å²) in [4.78, 5) is 39.4. The Morgan fingerprint density at radius 2 is 1.41 bits per heavy atom. The number of carbonyl (C=O) groups is 3. The van der Waals surface area contributed by atoms with Gasteiger partial charge in [-0.3, -0.25) is 0 Å². The van der Waals surface area contributed by atoms with Crippen molar-refractivity contribution in [2.75, 3.05) is 38.4 Å². The topological polar surface area (TPSA) is 111 Å². The van der Waals surface area contributed by atoms with E-state index in [-0.39, 0.29) is 24.1 Å². The van der Waals surface area contributed by atoms with E-state index in [2.05, 4.69) is 16.6 Å². The Kier molecular flexibility index (Phi) is 11.7. The molecule has 9 nitrogen and oxygen atoms in total. The molecule has 2 aromatic rings. The summed E-state index contributed by atoms with van der Waals surface area (Å²) >= 11 is 2.96. The minimum Gasteiger partial charge on any atom is -0.465 e. The van der Waals surface area contributed by atoms with Crippen LogP contribution < -0.4 is 10.6 Å². The second-order valence-electron chi connectivity index (χ2n) is 10.5. The summed E-state index contributed by atoms with van der Waals surface area (Å²) in [6.07, 6.45) is 3.67. The summed E-state index contributed by atoms with van der Waals surface area (Å²) < 4.78 is 14.9. The lowest BCUT2D eigenvalue weighted by Crippen LogP contribution is -2.46. The Labute approximate surface area is 240 Å². The van der Waals surface area contributed by atoms with Crippen molar-refractivity contribution in [3.8, 4) is 0 Å². The van der Waals surface area contributed by atoms with E-state index in [1.165, 1.54) is 25.6 Å². The molecule has 1 fully saturated rings. The number of hydrogen-bond acceptors (Lipinski definition) is 10. The van der Waals surface area contributed by atoms with Crippen molar-refractivity contribution < 1.29 is 28.6 Å². The number of nitrogens with two attached hydrogens (primary N) is 1. The lowest BCUT2D eigenvalue weighted by molar-refractivity contribution is 0.0182. The molecule has 0 aromatic carbocycles. The normalized spacial score (nSPS) is 16.9. The van der Waals surface area contributed by atoms with Gasteiger partial charge in [0.25, 0.3) is 0 Å². The SMILES string of the molecule is CCN(c1scc(C(=O)OC)c1C)C1CCC(N(C)C(=O)OC(C)(C)C)CC1.COC(=O)c1csc(N)c1C. The highest BCUT2D eigenvalue weighted by Crippen LogP contribution is 2.36. The van der Waals surface area contributed by atoms with Crippen LogP contribution >= 0.6 is 22.7 Å². The van der Waals surface area contributed by atoms with Crippen LogP contribution in [0.2, 0.25) is 0 Å². The van der Waals surface area contributed by atoms with Crippen LogP contribution in [0.4, 0.5) is 14.8 Å². The fourth-order valence-corrected chi connectivity index (χ4v) is 6.56. The van der Waals surface area contributed by atoms with Crippen molar-refractivity contribution in [1.29, 1.82) is 0 Å². The molecule has 0 radical (unpaired) electrons. The molecule has 0 spiro atoms. The van der Waals surface area contributed by atoms with Crippen molar-refractivity contribution in [2.24, 2.45) is 0 Å². The molecule has 2 heterocycles. The molecule has 0 bridgehead atoms. The minimum atomic E-state index is -0.477. The average Bonchev–Trinajstić information content (AvgIpc) is 3.44. The molecule has 3 rings (SSSR count). The zero-order valence-electron chi connectivity index (χ0n) is 24.6. The van der Waals surface area contributed by atoms with Gasteiger partial charge in [0.05, 0.1) is 35.3 Å². The molecule has 1 saturated carbocycles. The van der Waals surface area contributed by atoms with Crippen LogP contribution in [0.15, 0.2) is 10.8 Å². The number of amides is 1. The lowest BCUT2D eigenvalue weighted by atomic mass is 9.89. The van der Waals surface area contributed by atoms with Crippen LogP contribution in [0.1, 0.15) is 85.2 Å². The summed E-state index contributed by atoms with van der Waals surface area (Å²) in [7, 11) is 4.61. The summed E-state index contributed by atoms with van der Waals surface area (Å²) in [5, 5.41) is 5.41. The number of carbonyl (C=O) groups excluding carboxylic acids is 3. The minimum absolute atomic E-state index is 0.208. The number of methoxy groups -OCH3 is 2. The van der Waals surface area contributed by atoms with Gasteiger partial charge in [0.2, 0.25) is 0 Å². The van der Waals surface area contributed by atoms with Crippen LogP contribution in [-0.4, -0.2) is 68.4 Å². The second kappa shape index (κ2) is 14.0. The van der Waals surface area contributed by atoms with Crippen LogP contribution in [-0.2, 0) is 14.2 Å². The predicted molar refractivity (Wildman–Crippen MR) is 158 cm³/mol. The molecule has 0 saturated heterocycles. The van der Waals surface area contributed by atoms with Gasteiger partial charge in [0, 0.05) is 36.4 Å². The maximum absolute atomic E-state index is 12.3. The van der Waals surface area contributed by atoms with E-state index in [0.29, 0.717) is 22.2 Å². The highest BCUT2D eigenvalue weighted by molar-refractivity contribution is 7.15. The molecule has 39 heavy (non-hydrogen) atoms. The molecule has 218 valence electrons.